The Morgan fingerprint density at radius 1 is 1.17 bits per heavy atom. The highest BCUT2D eigenvalue weighted by atomic mass is 32.2. The molecule has 2 aromatic carbocycles. The number of rotatable bonds is 6. The number of ether oxygens (including phenoxy) is 1. The summed E-state index contributed by atoms with van der Waals surface area (Å²) < 4.78 is 42.9. The normalized spacial score (nSPS) is 12.4. The van der Waals surface area contributed by atoms with Crippen LogP contribution in [0.1, 0.15) is 15.9 Å². The molecule has 0 aromatic heterocycles. The molecule has 6 nitrogen and oxygen atoms in total. The van der Waals surface area contributed by atoms with E-state index < -0.39 is 26.7 Å². The van der Waals surface area contributed by atoms with Crippen LogP contribution in [0, 0.1) is 0 Å². The van der Waals surface area contributed by atoms with Crippen LogP contribution in [-0.2, 0) is 26.6 Å². The molecule has 128 valence electrons. The standard InChI is InChI=1S/C16H17NO5S2/c1-22-14-7-4-8-15(10-14)24(20,21)17-16(18)13-6-3-5-12(9-13)11-23(2)19/h3-10H,11H2,1-2H3,(H,17,18)/t23-/m1/s1. The van der Waals surface area contributed by atoms with Crippen LogP contribution in [-0.4, -0.2) is 31.9 Å². The van der Waals surface area contributed by atoms with Gasteiger partial charge in [-0.15, -0.1) is 0 Å². The highest BCUT2D eigenvalue weighted by molar-refractivity contribution is 7.90. The molecule has 0 spiro atoms. The Morgan fingerprint density at radius 2 is 1.88 bits per heavy atom. The van der Waals surface area contributed by atoms with Gasteiger partial charge < -0.3 is 4.74 Å². The minimum atomic E-state index is -4.02. The number of carbonyl (C=O) groups excluding carboxylic acids is 1. The van der Waals surface area contributed by atoms with E-state index in [0.717, 1.165) is 0 Å². The third-order valence-electron chi connectivity index (χ3n) is 3.14. The minimum Gasteiger partial charge on any atom is -0.497 e. The smallest absolute Gasteiger partial charge is 0.265 e. The molecular formula is C16H17NO5S2. The molecule has 24 heavy (non-hydrogen) atoms. The van der Waals surface area contributed by atoms with Gasteiger partial charge >= 0.3 is 0 Å². The van der Waals surface area contributed by atoms with E-state index in [0.29, 0.717) is 17.1 Å². The van der Waals surface area contributed by atoms with Gasteiger partial charge in [-0.2, -0.15) is 0 Å². The first kappa shape index (κ1) is 18.2. The topological polar surface area (TPSA) is 89.5 Å². The SMILES string of the molecule is COc1cccc(S(=O)(=O)NC(=O)c2cccc(C[S@@](C)=O)c2)c1. The fraction of sp³-hybridized carbons (Fsp3) is 0.188. The summed E-state index contributed by atoms with van der Waals surface area (Å²) in [6.07, 6.45) is 1.56. The van der Waals surface area contributed by atoms with E-state index in [1.54, 1.807) is 24.5 Å². The summed E-state index contributed by atoms with van der Waals surface area (Å²) in [6.45, 7) is 0. The van der Waals surface area contributed by atoms with Gasteiger partial charge in [-0.3, -0.25) is 9.00 Å². The number of benzene rings is 2. The third-order valence-corrected chi connectivity index (χ3v) is 5.21. The number of methoxy groups -OCH3 is 1. The van der Waals surface area contributed by atoms with Crippen molar-refractivity contribution in [1.82, 2.24) is 4.72 Å². The van der Waals surface area contributed by atoms with E-state index in [2.05, 4.69) is 0 Å². The summed E-state index contributed by atoms with van der Waals surface area (Å²) in [6, 6.07) is 12.2. The van der Waals surface area contributed by atoms with Gasteiger partial charge in [0.15, 0.2) is 0 Å². The van der Waals surface area contributed by atoms with E-state index in [4.69, 9.17) is 4.74 Å². The van der Waals surface area contributed by atoms with E-state index in [1.807, 2.05) is 4.72 Å². The monoisotopic (exact) mass is 367 g/mol. The lowest BCUT2D eigenvalue weighted by Gasteiger charge is -2.09. The summed E-state index contributed by atoms with van der Waals surface area (Å²) in [5, 5.41) is 0. The second-order valence-electron chi connectivity index (χ2n) is 5.03. The summed E-state index contributed by atoms with van der Waals surface area (Å²) in [5.41, 5.74) is 0.881. The zero-order chi connectivity index (χ0) is 17.7. The maximum Gasteiger partial charge on any atom is 0.265 e. The zero-order valence-corrected chi connectivity index (χ0v) is 14.8. The van der Waals surface area contributed by atoms with Crippen LogP contribution in [0.2, 0.25) is 0 Å². The van der Waals surface area contributed by atoms with Crippen LogP contribution in [0.3, 0.4) is 0 Å². The van der Waals surface area contributed by atoms with E-state index >= 15 is 0 Å². The van der Waals surface area contributed by atoms with Crippen molar-refractivity contribution in [3.63, 3.8) is 0 Å². The van der Waals surface area contributed by atoms with Crippen molar-refractivity contribution < 1.29 is 22.2 Å². The highest BCUT2D eigenvalue weighted by Gasteiger charge is 2.19. The van der Waals surface area contributed by atoms with Gasteiger partial charge in [0.25, 0.3) is 15.9 Å². The fourth-order valence-electron chi connectivity index (χ4n) is 2.05. The second kappa shape index (κ2) is 7.59. The number of sulfonamides is 1. The number of hydrogen-bond donors (Lipinski definition) is 1. The molecule has 0 fully saturated rings. The number of nitrogens with one attached hydrogen (secondary N) is 1. The van der Waals surface area contributed by atoms with Crippen LogP contribution in [0.5, 0.6) is 5.75 Å². The second-order valence-corrected chi connectivity index (χ2v) is 8.15. The largest absolute Gasteiger partial charge is 0.497 e. The Bertz CT molecular complexity index is 878. The van der Waals surface area contributed by atoms with Crippen molar-refractivity contribution in [3.05, 3.63) is 59.7 Å². The van der Waals surface area contributed by atoms with Crippen LogP contribution < -0.4 is 9.46 Å². The molecule has 1 amide bonds. The van der Waals surface area contributed by atoms with Crippen LogP contribution >= 0.6 is 0 Å². The number of carbonyl (C=O) groups is 1. The summed E-state index contributed by atoms with van der Waals surface area (Å²) in [4.78, 5) is 12.2. The Morgan fingerprint density at radius 3 is 2.54 bits per heavy atom. The van der Waals surface area contributed by atoms with Crippen molar-refractivity contribution in [1.29, 1.82) is 0 Å². The van der Waals surface area contributed by atoms with E-state index in [-0.39, 0.29) is 10.5 Å². The molecule has 0 saturated heterocycles. The number of amides is 1. The maximum absolute atomic E-state index is 12.3. The van der Waals surface area contributed by atoms with E-state index in [1.165, 1.54) is 37.4 Å². The fourth-order valence-corrected chi connectivity index (χ4v) is 3.70. The number of hydrogen-bond acceptors (Lipinski definition) is 5. The Balaban J connectivity index is 2.23. The molecule has 0 aliphatic rings. The Kier molecular flexibility index (Phi) is 5.74. The lowest BCUT2D eigenvalue weighted by Crippen LogP contribution is -2.30. The van der Waals surface area contributed by atoms with Crippen molar-refractivity contribution in [2.45, 2.75) is 10.6 Å². The van der Waals surface area contributed by atoms with E-state index in [9.17, 15) is 17.4 Å². The first-order valence-corrected chi connectivity index (χ1v) is 10.1. The lowest BCUT2D eigenvalue weighted by atomic mass is 10.1. The van der Waals surface area contributed by atoms with Gasteiger partial charge in [0.05, 0.1) is 12.0 Å². The molecule has 0 radical (unpaired) electrons. The van der Waals surface area contributed by atoms with Gasteiger partial charge in [-0.25, -0.2) is 13.1 Å². The van der Waals surface area contributed by atoms with Gasteiger partial charge in [-0.05, 0) is 29.8 Å². The Hall–Kier alpha value is -2.19. The van der Waals surface area contributed by atoms with Gasteiger partial charge in [-0.1, -0.05) is 18.2 Å². The van der Waals surface area contributed by atoms with Crippen molar-refractivity contribution in [2.75, 3.05) is 13.4 Å². The average Bonchev–Trinajstić information content (AvgIpc) is 2.54. The van der Waals surface area contributed by atoms with Gasteiger partial charge in [0.2, 0.25) is 0 Å². The molecule has 0 bridgehead atoms. The molecule has 2 rings (SSSR count). The molecule has 0 heterocycles. The maximum atomic E-state index is 12.3. The minimum absolute atomic E-state index is 0.0685. The molecule has 1 N–H and O–H groups in total. The summed E-state index contributed by atoms with van der Waals surface area (Å²) in [5.74, 6) is -0.0803. The molecule has 2 aromatic rings. The molecule has 1 atom stereocenters. The molecule has 0 aliphatic carbocycles. The predicted octanol–water partition coefficient (Wildman–Crippen LogP) is 1.69. The van der Waals surface area contributed by atoms with Gasteiger partial charge in [0.1, 0.15) is 5.75 Å². The molecule has 8 heteroatoms. The molecule has 0 unspecified atom stereocenters. The summed E-state index contributed by atoms with van der Waals surface area (Å²) >= 11 is 0. The van der Waals surface area contributed by atoms with Crippen LogP contribution in [0.4, 0.5) is 0 Å². The van der Waals surface area contributed by atoms with Crippen molar-refractivity contribution >= 4 is 26.7 Å². The molecular weight excluding hydrogens is 350 g/mol. The first-order valence-electron chi connectivity index (χ1n) is 6.92. The first-order chi connectivity index (χ1) is 11.3. The zero-order valence-electron chi connectivity index (χ0n) is 13.2. The molecule has 0 aliphatic heterocycles. The summed E-state index contributed by atoms with van der Waals surface area (Å²) in [7, 11) is -3.65. The van der Waals surface area contributed by atoms with Gasteiger partial charge in [0, 0.05) is 34.4 Å². The van der Waals surface area contributed by atoms with Crippen LogP contribution in [0.15, 0.2) is 53.4 Å². The lowest BCUT2D eigenvalue weighted by molar-refractivity contribution is 0.0981. The van der Waals surface area contributed by atoms with Crippen LogP contribution in [0.25, 0.3) is 0 Å². The third kappa shape index (κ3) is 4.65. The van der Waals surface area contributed by atoms with Crippen molar-refractivity contribution in [2.24, 2.45) is 0 Å². The molecule has 0 saturated carbocycles. The average molecular weight is 367 g/mol. The Labute approximate surface area is 143 Å². The highest BCUT2D eigenvalue weighted by Crippen LogP contribution is 2.17. The quantitative estimate of drug-likeness (QED) is 0.839. The predicted molar refractivity (Wildman–Crippen MR) is 91.9 cm³/mol. The van der Waals surface area contributed by atoms with Crippen molar-refractivity contribution in [3.8, 4) is 5.75 Å².